The SMILES string of the molecule is Cc1ccc(NC(=O)CN2C(=O)N/C(=C\c3ccc(N4CCOCC4)cc3)C2=O)cc1. The Kier molecular flexibility index (Phi) is 5.99. The van der Waals surface area contributed by atoms with Crippen LogP contribution in [0.1, 0.15) is 11.1 Å². The van der Waals surface area contributed by atoms with Gasteiger partial charge in [-0.05, 0) is 42.8 Å². The van der Waals surface area contributed by atoms with Crippen LogP contribution < -0.4 is 15.5 Å². The van der Waals surface area contributed by atoms with Crippen molar-refractivity contribution in [1.29, 1.82) is 0 Å². The Balaban J connectivity index is 1.39. The van der Waals surface area contributed by atoms with Gasteiger partial charge in [-0.25, -0.2) is 9.69 Å². The number of rotatable bonds is 5. The van der Waals surface area contributed by atoms with Crippen molar-refractivity contribution in [1.82, 2.24) is 10.2 Å². The van der Waals surface area contributed by atoms with Crippen molar-refractivity contribution in [2.75, 3.05) is 43.1 Å². The number of aryl methyl sites for hydroxylation is 1. The van der Waals surface area contributed by atoms with Crippen LogP contribution in [0.3, 0.4) is 0 Å². The lowest BCUT2D eigenvalue weighted by Crippen LogP contribution is -2.38. The van der Waals surface area contributed by atoms with Gasteiger partial charge in [0.05, 0.1) is 13.2 Å². The zero-order valence-corrected chi connectivity index (χ0v) is 17.3. The number of nitrogens with one attached hydrogen (secondary N) is 2. The lowest BCUT2D eigenvalue weighted by molar-refractivity contribution is -0.127. The van der Waals surface area contributed by atoms with Gasteiger partial charge in [-0.3, -0.25) is 9.59 Å². The Labute approximate surface area is 180 Å². The van der Waals surface area contributed by atoms with Gasteiger partial charge in [0.1, 0.15) is 12.2 Å². The number of hydrogen-bond acceptors (Lipinski definition) is 5. The van der Waals surface area contributed by atoms with E-state index in [9.17, 15) is 14.4 Å². The fourth-order valence-electron chi connectivity index (χ4n) is 3.47. The Hall–Kier alpha value is -3.65. The number of hydrogen-bond donors (Lipinski definition) is 2. The Morgan fingerprint density at radius 2 is 1.74 bits per heavy atom. The highest BCUT2D eigenvalue weighted by molar-refractivity contribution is 6.15. The molecule has 4 rings (SSSR count). The van der Waals surface area contributed by atoms with Gasteiger partial charge in [0.15, 0.2) is 0 Å². The number of nitrogens with zero attached hydrogens (tertiary/aromatic N) is 2. The number of benzene rings is 2. The van der Waals surface area contributed by atoms with Gasteiger partial charge >= 0.3 is 6.03 Å². The highest BCUT2D eigenvalue weighted by atomic mass is 16.5. The molecule has 2 aliphatic rings. The van der Waals surface area contributed by atoms with E-state index in [1.165, 1.54) is 0 Å². The Morgan fingerprint density at radius 3 is 2.42 bits per heavy atom. The second-order valence-electron chi connectivity index (χ2n) is 7.48. The van der Waals surface area contributed by atoms with Crippen LogP contribution in [0, 0.1) is 6.92 Å². The number of anilines is 2. The molecule has 2 aliphatic heterocycles. The van der Waals surface area contributed by atoms with Crippen LogP contribution in [0.2, 0.25) is 0 Å². The van der Waals surface area contributed by atoms with Crippen molar-refractivity contribution in [2.24, 2.45) is 0 Å². The normalized spacial score (nSPS) is 17.8. The summed E-state index contributed by atoms with van der Waals surface area (Å²) >= 11 is 0. The zero-order chi connectivity index (χ0) is 21.8. The van der Waals surface area contributed by atoms with E-state index >= 15 is 0 Å². The van der Waals surface area contributed by atoms with E-state index in [4.69, 9.17) is 4.74 Å². The molecule has 2 fully saturated rings. The Morgan fingerprint density at radius 1 is 1.06 bits per heavy atom. The van der Waals surface area contributed by atoms with Crippen molar-refractivity contribution in [3.8, 4) is 0 Å². The smallest absolute Gasteiger partial charge is 0.329 e. The van der Waals surface area contributed by atoms with E-state index in [2.05, 4.69) is 15.5 Å². The van der Waals surface area contributed by atoms with Crippen LogP contribution in [-0.2, 0) is 14.3 Å². The molecule has 8 nitrogen and oxygen atoms in total. The molecule has 2 heterocycles. The summed E-state index contributed by atoms with van der Waals surface area (Å²) in [6.45, 7) is 4.69. The van der Waals surface area contributed by atoms with Crippen LogP contribution in [0.25, 0.3) is 6.08 Å². The predicted octanol–water partition coefficient (Wildman–Crippen LogP) is 2.36. The standard InChI is InChI=1S/C23H24N4O4/c1-16-2-6-18(7-3-16)24-21(28)15-27-22(29)20(25-23(27)30)14-17-4-8-19(9-5-17)26-10-12-31-13-11-26/h2-9,14H,10-13,15H2,1H3,(H,24,28)(H,25,30)/b20-14-. The van der Waals surface area contributed by atoms with Crippen molar-refractivity contribution in [3.63, 3.8) is 0 Å². The summed E-state index contributed by atoms with van der Waals surface area (Å²) < 4.78 is 5.37. The molecule has 2 N–H and O–H groups in total. The first-order chi connectivity index (χ1) is 15.0. The molecule has 0 aliphatic carbocycles. The molecule has 160 valence electrons. The van der Waals surface area contributed by atoms with Crippen LogP contribution in [0.4, 0.5) is 16.2 Å². The molecule has 0 bridgehead atoms. The largest absolute Gasteiger partial charge is 0.378 e. The van der Waals surface area contributed by atoms with Gasteiger partial charge in [-0.2, -0.15) is 0 Å². The molecule has 2 saturated heterocycles. The molecule has 0 aromatic heterocycles. The monoisotopic (exact) mass is 420 g/mol. The number of carbonyl (C=O) groups is 3. The molecule has 4 amide bonds. The minimum Gasteiger partial charge on any atom is -0.378 e. The molecule has 2 aromatic rings. The van der Waals surface area contributed by atoms with E-state index in [1.54, 1.807) is 18.2 Å². The number of ether oxygens (including phenoxy) is 1. The number of carbonyl (C=O) groups excluding carboxylic acids is 3. The Bertz CT molecular complexity index is 1010. The summed E-state index contributed by atoms with van der Waals surface area (Å²) in [7, 11) is 0. The molecule has 8 heteroatoms. The average molecular weight is 420 g/mol. The number of urea groups is 1. The first kappa shape index (κ1) is 20.6. The first-order valence-corrected chi connectivity index (χ1v) is 10.1. The van der Waals surface area contributed by atoms with Crippen molar-refractivity contribution in [2.45, 2.75) is 6.92 Å². The van der Waals surface area contributed by atoms with Gasteiger partial charge in [-0.1, -0.05) is 29.8 Å². The molecule has 0 atom stereocenters. The molecular weight excluding hydrogens is 396 g/mol. The second kappa shape index (κ2) is 9.01. The van der Waals surface area contributed by atoms with Gasteiger partial charge in [0.25, 0.3) is 5.91 Å². The maximum absolute atomic E-state index is 12.6. The lowest BCUT2D eigenvalue weighted by Gasteiger charge is -2.28. The van der Waals surface area contributed by atoms with Crippen LogP contribution >= 0.6 is 0 Å². The van der Waals surface area contributed by atoms with Crippen molar-refractivity contribution >= 4 is 35.3 Å². The van der Waals surface area contributed by atoms with Gasteiger partial charge in [-0.15, -0.1) is 0 Å². The zero-order valence-electron chi connectivity index (χ0n) is 17.3. The fraction of sp³-hybridized carbons (Fsp3) is 0.261. The third kappa shape index (κ3) is 4.92. The summed E-state index contributed by atoms with van der Waals surface area (Å²) in [6, 6.07) is 14.4. The predicted molar refractivity (Wildman–Crippen MR) is 118 cm³/mol. The summed E-state index contributed by atoms with van der Waals surface area (Å²) in [5, 5.41) is 5.24. The molecular formula is C23H24N4O4. The summed E-state index contributed by atoms with van der Waals surface area (Å²) in [6.07, 6.45) is 1.61. The number of amides is 4. The molecule has 0 saturated carbocycles. The minimum absolute atomic E-state index is 0.146. The second-order valence-corrected chi connectivity index (χ2v) is 7.48. The maximum Gasteiger partial charge on any atom is 0.329 e. The highest BCUT2D eigenvalue weighted by Gasteiger charge is 2.34. The molecule has 0 unspecified atom stereocenters. The minimum atomic E-state index is -0.611. The van der Waals surface area contributed by atoms with Crippen LogP contribution in [-0.4, -0.2) is 55.6 Å². The van der Waals surface area contributed by atoms with Crippen LogP contribution in [0.15, 0.2) is 54.2 Å². The molecule has 0 radical (unpaired) electrons. The molecule has 2 aromatic carbocycles. The number of morpholine rings is 1. The van der Waals surface area contributed by atoms with Gasteiger partial charge in [0, 0.05) is 24.5 Å². The summed E-state index contributed by atoms with van der Waals surface area (Å²) in [5.74, 6) is -0.968. The summed E-state index contributed by atoms with van der Waals surface area (Å²) in [5.41, 5.74) is 3.69. The van der Waals surface area contributed by atoms with Gasteiger partial charge < -0.3 is 20.3 Å². The molecule has 31 heavy (non-hydrogen) atoms. The van der Waals surface area contributed by atoms with Crippen molar-refractivity contribution in [3.05, 3.63) is 65.4 Å². The summed E-state index contributed by atoms with van der Waals surface area (Å²) in [4.78, 5) is 40.3. The first-order valence-electron chi connectivity index (χ1n) is 10.1. The van der Waals surface area contributed by atoms with E-state index in [0.29, 0.717) is 18.9 Å². The van der Waals surface area contributed by atoms with E-state index < -0.39 is 17.8 Å². The highest BCUT2D eigenvalue weighted by Crippen LogP contribution is 2.19. The van der Waals surface area contributed by atoms with E-state index in [-0.39, 0.29) is 12.2 Å². The third-order valence-electron chi connectivity index (χ3n) is 5.18. The van der Waals surface area contributed by atoms with Crippen molar-refractivity contribution < 1.29 is 19.1 Å². The number of imide groups is 1. The van der Waals surface area contributed by atoms with Crippen LogP contribution in [0.5, 0.6) is 0 Å². The van der Waals surface area contributed by atoms with E-state index in [0.717, 1.165) is 34.8 Å². The topological polar surface area (TPSA) is 91.0 Å². The lowest BCUT2D eigenvalue weighted by atomic mass is 10.1. The quantitative estimate of drug-likeness (QED) is 0.573. The van der Waals surface area contributed by atoms with E-state index in [1.807, 2.05) is 43.3 Å². The molecule has 0 spiro atoms. The fourth-order valence-corrected chi connectivity index (χ4v) is 3.47. The maximum atomic E-state index is 12.6. The average Bonchev–Trinajstić information content (AvgIpc) is 3.04. The van der Waals surface area contributed by atoms with Gasteiger partial charge in [0.2, 0.25) is 5.91 Å². The third-order valence-corrected chi connectivity index (χ3v) is 5.18.